The summed E-state index contributed by atoms with van der Waals surface area (Å²) in [5.41, 5.74) is 2.57. The summed E-state index contributed by atoms with van der Waals surface area (Å²) in [5.74, 6) is 0. The topological polar surface area (TPSA) is 33.1 Å². The zero-order valence-corrected chi connectivity index (χ0v) is 11.1. The number of hydrogen-bond donors (Lipinski definition) is 1. The molecule has 0 atom stereocenters. The Balaban J connectivity index is 1.70. The van der Waals surface area contributed by atoms with Gasteiger partial charge in [0.1, 0.15) is 0 Å². The van der Waals surface area contributed by atoms with Crippen molar-refractivity contribution in [2.24, 2.45) is 7.05 Å². The molecule has 1 N–H and O–H groups in total. The lowest BCUT2D eigenvalue weighted by atomic mass is 10.2. The van der Waals surface area contributed by atoms with Gasteiger partial charge >= 0.3 is 0 Å². The average Bonchev–Trinajstić information content (AvgIpc) is 2.93. The van der Waals surface area contributed by atoms with Crippen molar-refractivity contribution in [2.75, 3.05) is 26.2 Å². The minimum Gasteiger partial charge on any atom is -0.311 e. The standard InChI is InChI=1S/C13H24N4/c1-3-13-12(11-16(2)15-13)10-14-6-9-17-7-4-5-8-17/h11,14H,3-10H2,1-2H3. The minimum atomic E-state index is 0.949. The van der Waals surface area contributed by atoms with E-state index in [0.717, 1.165) is 19.5 Å². The molecule has 0 aliphatic carbocycles. The molecule has 1 aliphatic heterocycles. The number of rotatable bonds is 6. The van der Waals surface area contributed by atoms with Gasteiger partial charge in [0.05, 0.1) is 5.69 Å². The highest BCUT2D eigenvalue weighted by atomic mass is 15.3. The molecule has 1 aromatic rings. The third kappa shape index (κ3) is 3.54. The Kier molecular flexibility index (Phi) is 4.57. The van der Waals surface area contributed by atoms with Crippen LogP contribution >= 0.6 is 0 Å². The summed E-state index contributed by atoms with van der Waals surface area (Å²) < 4.78 is 1.91. The molecule has 1 aromatic heterocycles. The van der Waals surface area contributed by atoms with E-state index in [1.54, 1.807) is 0 Å². The van der Waals surface area contributed by atoms with Crippen molar-refractivity contribution in [3.8, 4) is 0 Å². The van der Waals surface area contributed by atoms with E-state index in [1.165, 1.54) is 43.7 Å². The van der Waals surface area contributed by atoms with Crippen LogP contribution in [0.15, 0.2) is 6.20 Å². The van der Waals surface area contributed by atoms with Gasteiger partial charge in [0.25, 0.3) is 0 Å². The monoisotopic (exact) mass is 236 g/mol. The largest absolute Gasteiger partial charge is 0.311 e. The number of likely N-dealkylation sites (tertiary alicyclic amines) is 1. The van der Waals surface area contributed by atoms with Crippen molar-refractivity contribution in [3.63, 3.8) is 0 Å². The van der Waals surface area contributed by atoms with Crippen molar-refractivity contribution in [1.29, 1.82) is 0 Å². The first-order valence-corrected chi connectivity index (χ1v) is 6.74. The Hall–Kier alpha value is -0.870. The molecule has 1 saturated heterocycles. The summed E-state index contributed by atoms with van der Waals surface area (Å²) in [6.07, 6.45) is 5.90. The lowest BCUT2D eigenvalue weighted by molar-refractivity contribution is 0.335. The lowest BCUT2D eigenvalue weighted by Gasteiger charge is -2.14. The predicted octanol–water partition coefficient (Wildman–Crippen LogP) is 1.17. The van der Waals surface area contributed by atoms with Crippen LogP contribution in [0, 0.1) is 0 Å². The molecule has 96 valence electrons. The van der Waals surface area contributed by atoms with Gasteiger partial charge in [0.2, 0.25) is 0 Å². The fourth-order valence-electron chi connectivity index (χ4n) is 2.50. The van der Waals surface area contributed by atoms with Crippen molar-refractivity contribution < 1.29 is 0 Å². The molecule has 0 aromatic carbocycles. The number of aryl methyl sites for hydroxylation is 2. The van der Waals surface area contributed by atoms with Crippen LogP contribution in [0.4, 0.5) is 0 Å². The van der Waals surface area contributed by atoms with Gasteiger partial charge in [-0.3, -0.25) is 4.68 Å². The summed E-state index contributed by atoms with van der Waals surface area (Å²) >= 11 is 0. The van der Waals surface area contributed by atoms with Crippen LogP contribution in [-0.2, 0) is 20.0 Å². The maximum atomic E-state index is 4.45. The smallest absolute Gasteiger partial charge is 0.0666 e. The van der Waals surface area contributed by atoms with E-state index >= 15 is 0 Å². The fourth-order valence-corrected chi connectivity index (χ4v) is 2.50. The average molecular weight is 236 g/mol. The second-order valence-electron chi connectivity index (χ2n) is 4.85. The molecule has 0 radical (unpaired) electrons. The molecule has 0 unspecified atom stereocenters. The van der Waals surface area contributed by atoms with Gasteiger partial charge in [-0.15, -0.1) is 0 Å². The van der Waals surface area contributed by atoms with Crippen LogP contribution in [0.2, 0.25) is 0 Å². The molecular weight excluding hydrogens is 212 g/mol. The highest BCUT2D eigenvalue weighted by molar-refractivity contribution is 5.16. The summed E-state index contributed by atoms with van der Waals surface area (Å²) in [4.78, 5) is 2.54. The van der Waals surface area contributed by atoms with Crippen LogP contribution in [0.25, 0.3) is 0 Å². The van der Waals surface area contributed by atoms with E-state index in [-0.39, 0.29) is 0 Å². The van der Waals surface area contributed by atoms with Gasteiger partial charge in [0.15, 0.2) is 0 Å². The molecular formula is C13H24N4. The first-order valence-electron chi connectivity index (χ1n) is 6.74. The number of nitrogens with zero attached hydrogens (tertiary/aromatic N) is 3. The first-order chi connectivity index (χ1) is 8.29. The van der Waals surface area contributed by atoms with E-state index in [9.17, 15) is 0 Å². The molecule has 4 heteroatoms. The van der Waals surface area contributed by atoms with Gasteiger partial charge in [-0.2, -0.15) is 5.10 Å². The van der Waals surface area contributed by atoms with Crippen molar-refractivity contribution in [1.82, 2.24) is 20.0 Å². The molecule has 1 fully saturated rings. The third-order valence-corrected chi connectivity index (χ3v) is 3.45. The molecule has 1 aliphatic rings. The van der Waals surface area contributed by atoms with Gasteiger partial charge in [-0.25, -0.2) is 0 Å². The second-order valence-corrected chi connectivity index (χ2v) is 4.85. The molecule has 2 rings (SSSR count). The Labute approximate surface area is 104 Å². The summed E-state index contributed by atoms with van der Waals surface area (Å²) in [6.45, 7) is 7.95. The number of aromatic nitrogens is 2. The first kappa shape index (κ1) is 12.6. The second kappa shape index (κ2) is 6.17. The van der Waals surface area contributed by atoms with Gasteiger partial charge < -0.3 is 10.2 Å². The van der Waals surface area contributed by atoms with Crippen LogP contribution in [0.1, 0.15) is 31.0 Å². The van der Waals surface area contributed by atoms with Crippen LogP contribution < -0.4 is 5.32 Å². The molecule has 2 heterocycles. The van der Waals surface area contributed by atoms with Gasteiger partial charge in [-0.05, 0) is 32.4 Å². The fraction of sp³-hybridized carbons (Fsp3) is 0.769. The zero-order chi connectivity index (χ0) is 12.1. The van der Waals surface area contributed by atoms with E-state index < -0.39 is 0 Å². The Morgan fingerprint density at radius 3 is 2.82 bits per heavy atom. The Morgan fingerprint density at radius 2 is 2.12 bits per heavy atom. The molecule has 0 bridgehead atoms. The van der Waals surface area contributed by atoms with Gasteiger partial charge in [0, 0.05) is 38.4 Å². The van der Waals surface area contributed by atoms with E-state index in [0.29, 0.717) is 0 Å². The van der Waals surface area contributed by atoms with Crippen LogP contribution in [-0.4, -0.2) is 40.9 Å². The van der Waals surface area contributed by atoms with Crippen molar-refractivity contribution >= 4 is 0 Å². The Bertz CT molecular complexity index is 339. The molecule has 17 heavy (non-hydrogen) atoms. The van der Waals surface area contributed by atoms with E-state index in [1.807, 2.05) is 11.7 Å². The zero-order valence-electron chi connectivity index (χ0n) is 11.1. The summed E-state index contributed by atoms with van der Waals surface area (Å²) in [5, 5.41) is 7.97. The van der Waals surface area contributed by atoms with Gasteiger partial charge in [-0.1, -0.05) is 6.92 Å². The Morgan fingerprint density at radius 1 is 1.35 bits per heavy atom. The number of hydrogen-bond acceptors (Lipinski definition) is 3. The predicted molar refractivity (Wildman–Crippen MR) is 70.0 cm³/mol. The van der Waals surface area contributed by atoms with Crippen LogP contribution in [0.5, 0.6) is 0 Å². The molecule has 0 saturated carbocycles. The summed E-state index contributed by atoms with van der Waals surface area (Å²) in [6, 6.07) is 0. The number of nitrogens with one attached hydrogen (secondary N) is 1. The highest BCUT2D eigenvalue weighted by Crippen LogP contribution is 2.07. The maximum absolute atomic E-state index is 4.45. The maximum Gasteiger partial charge on any atom is 0.0666 e. The van der Waals surface area contributed by atoms with Crippen molar-refractivity contribution in [2.45, 2.75) is 32.7 Å². The van der Waals surface area contributed by atoms with Crippen LogP contribution in [0.3, 0.4) is 0 Å². The molecule has 0 spiro atoms. The minimum absolute atomic E-state index is 0.949. The normalized spacial score (nSPS) is 16.8. The molecule has 0 amide bonds. The van der Waals surface area contributed by atoms with E-state index in [4.69, 9.17) is 0 Å². The van der Waals surface area contributed by atoms with Crippen molar-refractivity contribution in [3.05, 3.63) is 17.5 Å². The quantitative estimate of drug-likeness (QED) is 0.753. The highest BCUT2D eigenvalue weighted by Gasteiger charge is 2.10. The van der Waals surface area contributed by atoms with E-state index in [2.05, 4.69) is 28.4 Å². The summed E-state index contributed by atoms with van der Waals surface area (Å²) in [7, 11) is 1.99. The third-order valence-electron chi connectivity index (χ3n) is 3.45. The molecule has 4 nitrogen and oxygen atoms in total. The SMILES string of the molecule is CCc1nn(C)cc1CNCCN1CCCC1. The lowest BCUT2D eigenvalue weighted by Crippen LogP contribution is -2.29.